The standard InChI is InChI=1S/C19H29N3O5/c1-8-19(6,16(24)26-7)22-15(23)14-10-9-13(21-12(14)2)11-20-17(25)27-18(3,4)5/h9-10H,8,11H2,1-7H3,(H,20,25)(H,22,23)/t19-/m0/s1. The highest BCUT2D eigenvalue weighted by atomic mass is 16.6. The van der Waals surface area contributed by atoms with Crippen molar-refractivity contribution >= 4 is 18.0 Å². The van der Waals surface area contributed by atoms with Crippen molar-refractivity contribution in [2.75, 3.05) is 7.11 Å². The number of amides is 2. The summed E-state index contributed by atoms with van der Waals surface area (Å²) in [6.07, 6.45) is -0.156. The zero-order valence-corrected chi connectivity index (χ0v) is 17.1. The Hall–Kier alpha value is -2.64. The van der Waals surface area contributed by atoms with Crippen LogP contribution in [0.5, 0.6) is 0 Å². The van der Waals surface area contributed by atoms with Crippen LogP contribution in [0.25, 0.3) is 0 Å². The maximum atomic E-state index is 12.5. The SMILES string of the molecule is CC[C@](C)(NC(=O)c1ccc(CNC(=O)OC(C)(C)C)nc1C)C(=O)OC. The van der Waals surface area contributed by atoms with Gasteiger partial charge >= 0.3 is 12.1 Å². The van der Waals surface area contributed by atoms with Crippen LogP contribution in [0.3, 0.4) is 0 Å². The molecule has 2 amide bonds. The lowest BCUT2D eigenvalue weighted by Crippen LogP contribution is -2.52. The van der Waals surface area contributed by atoms with Gasteiger partial charge in [-0.2, -0.15) is 0 Å². The monoisotopic (exact) mass is 379 g/mol. The molecule has 1 aromatic rings. The predicted octanol–water partition coefficient (Wildman–Crippen LogP) is 2.49. The quantitative estimate of drug-likeness (QED) is 0.736. The van der Waals surface area contributed by atoms with E-state index in [1.165, 1.54) is 7.11 Å². The van der Waals surface area contributed by atoms with Crippen LogP contribution in [0.1, 0.15) is 62.8 Å². The number of ether oxygens (including phenoxy) is 2. The molecule has 0 aliphatic heterocycles. The number of hydrogen-bond donors (Lipinski definition) is 2. The molecule has 2 N–H and O–H groups in total. The predicted molar refractivity (Wildman–Crippen MR) is 100 cm³/mol. The van der Waals surface area contributed by atoms with Crippen molar-refractivity contribution < 1.29 is 23.9 Å². The fourth-order valence-electron chi connectivity index (χ4n) is 2.26. The first-order valence-electron chi connectivity index (χ1n) is 8.76. The average Bonchev–Trinajstić information content (AvgIpc) is 2.57. The topological polar surface area (TPSA) is 107 Å². The highest BCUT2D eigenvalue weighted by Gasteiger charge is 2.34. The number of carbonyl (C=O) groups is 3. The van der Waals surface area contributed by atoms with Crippen LogP contribution in [0.15, 0.2) is 12.1 Å². The number of rotatable bonds is 6. The molecule has 0 spiro atoms. The fraction of sp³-hybridized carbons (Fsp3) is 0.579. The molecule has 150 valence electrons. The zero-order chi connectivity index (χ0) is 20.8. The van der Waals surface area contributed by atoms with E-state index >= 15 is 0 Å². The molecule has 1 aromatic heterocycles. The maximum absolute atomic E-state index is 12.5. The minimum absolute atomic E-state index is 0.173. The number of esters is 1. The van der Waals surface area contributed by atoms with Crippen LogP contribution in [-0.4, -0.2) is 41.2 Å². The van der Waals surface area contributed by atoms with Crippen molar-refractivity contribution in [2.45, 2.75) is 65.6 Å². The Labute approximate surface area is 160 Å². The summed E-state index contributed by atoms with van der Waals surface area (Å²) in [7, 11) is 1.28. The van der Waals surface area contributed by atoms with Crippen molar-refractivity contribution in [3.8, 4) is 0 Å². The lowest BCUT2D eigenvalue weighted by Gasteiger charge is -2.26. The van der Waals surface area contributed by atoms with Gasteiger partial charge in [0.2, 0.25) is 0 Å². The van der Waals surface area contributed by atoms with Gasteiger partial charge in [-0.25, -0.2) is 9.59 Å². The van der Waals surface area contributed by atoms with Gasteiger partial charge in [0.1, 0.15) is 11.1 Å². The van der Waals surface area contributed by atoms with Crippen molar-refractivity contribution in [3.05, 3.63) is 29.1 Å². The second kappa shape index (κ2) is 8.83. The molecular formula is C19H29N3O5. The third-order valence-electron chi connectivity index (χ3n) is 3.93. The van der Waals surface area contributed by atoms with E-state index in [1.54, 1.807) is 53.7 Å². The van der Waals surface area contributed by atoms with Gasteiger partial charge in [-0.15, -0.1) is 0 Å². The first kappa shape index (κ1) is 22.4. The van der Waals surface area contributed by atoms with Crippen LogP contribution in [0.2, 0.25) is 0 Å². The van der Waals surface area contributed by atoms with Gasteiger partial charge in [0.05, 0.1) is 30.6 Å². The number of pyridine rings is 1. The number of nitrogens with one attached hydrogen (secondary N) is 2. The Bertz CT molecular complexity index is 712. The Kier molecular flexibility index (Phi) is 7.33. The smallest absolute Gasteiger partial charge is 0.407 e. The molecule has 8 heteroatoms. The van der Waals surface area contributed by atoms with Crippen LogP contribution in [0, 0.1) is 6.92 Å². The maximum Gasteiger partial charge on any atom is 0.407 e. The number of aromatic nitrogens is 1. The Morgan fingerprint density at radius 3 is 2.26 bits per heavy atom. The summed E-state index contributed by atoms with van der Waals surface area (Å²) < 4.78 is 9.93. The van der Waals surface area contributed by atoms with Gasteiger partial charge in [-0.3, -0.25) is 9.78 Å². The molecule has 0 saturated heterocycles. The number of alkyl carbamates (subject to hydrolysis) is 1. The van der Waals surface area contributed by atoms with Crippen LogP contribution in [0.4, 0.5) is 4.79 Å². The van der Waals surface area contributed by atoms with E-state index in [1.807, 2.05) is 0 Å². The molecule has 0 bridgehead atoms. The normalized spacial score (nSPS) is 13.3. The van der Waals surface area contributed by atoms with Crippen LogP contribution >= 0.6 is 0 Å². The molecule has 1 heterocycles. The van der Waals surface area contributed by atoms with Gasteiger partial charge in [0.15, 0.2) is 0 Å². The minimum atomic E-state index is -1.12. The molecule has 0 aliphatic carbocycles. The zero-order valence-electron chi connectivity index (χ0n) is 17.1. The summed E-state index contributed by atoms with van der Waals surface area (Å²) in [5.74, 6) is -0.927. The molecule has 1 atom stereocenters. The first-order chi connectivity index (χ1) is 12.4. The molecular weight excluding hydrogens is 350 g/mol. The van der Waals surface area contributed by atoms with Crippen molar-refractivity contribution in [2.24, 2.45) is 0 Å². The van der Waals surface area contributed by atoms with Gasteiger partial charge in [-0.05, 0) is 53.2 Å². The third kappa shape index (κ3) is 6.54. The fourth-order valence-corrected chi connectivity index (χ4v) is 2.26. The van der Waals surface area contributed by atoms with E-state index < -0.39 is 29.1 Å². The lowest BCUT2D eigenvalue weighted by molar-refractivity contribution is -0.147. The second-order valence-corrected chi connectivity index (χ2v) is 7.42. The summed E-state index contributed by atoms with van der Waals surface area (Å²) in [5, 5.41) is 5.32. The molecule has 0 saturated carbocycles. The summed E-state index contributed by atoms with van der Waals surface area (Å²) >= 11 is 0. The van der Waals surface area contributed by atoms with Gasteiger partial charge in [0.25, 0.3) is 5.91 Å². The number of hydrogen-bond acceptors (Lipinski definition) is 6. The summed E-state index contributed by atoms with van der Waals surface area (Å²) in [6, 6.07) is 3.25. The number of carbonyl (C=O) groups excluding carboxylic acids is 3. The van der Waals surface area contributed by atoms with Crippen LogP contribution < -0.4 is 10.6 Å². The summed E-state index contributed by atoms with van der Waals surface area (Å²) in [4.78, 5) is 40.5. The van der Waals surface area contributed by atoms with Gasteiger partial charge in [-0.1, -0.05) is 6.92 Å². The third-order valence-corrected chi connectivity index (χ3v) is 3.93. The highest BCUT2D eigenvalue weighted by molar-refractivity contribution is 5.98. The van der Waals surface area contributed by atoms with E-state index in [0.717, 1.165) is 0 Å². The number of aryl methyl sites for hydroxylation is 1. The van der Waals surface area contributed by atoms with E-state index in [-0.39, 0.29) is 6.54 Å². The summed E-state index contributed by atoms with van der Waals surface area (Å²) in [5.41, 5.74) is -0.282. The summed E-state index contributed by atoms with van der Waals surface area (Å²) in [6.45, 7) is 10.6. The van der Waals surface area contributed by atoms with Gasteiger partial charge < -0.3 is 20.1 Å². The van der Waals surface area contributed by atoms with Crippen molar-refractivity contribution in [1.29, 1.82) is 0 Å². The molecule has 1 rings (SSSR count). The molecule has 0 radical (unpaired) electrons. The van der Waals surface area contributed by atoms with E-state index in [0.29, 0.717) is 23.4 Å². The largest absolute Gasteiger partial charge is 0.467 e. The lowest BCUT2D eigenvalue weighted by atomic mass is 9.98. The Morgan fingerprint density at radius 2 is 1.78 bits per heavy atom. The Balaban J connectivity index is 2.81. The molecule has 0 aliphatic rings. The van der Waals surface area contributed by atoms with Gasteiger partial charge in [0, 0.05) is 0 Å². The van der Waals surface area contributed by atoms with E-state index in [4.69, 9.17) is 9.47 Å². The molecule has 0 aromatic carbocycles. The van der Waals surface area contributed by atoms with E-state index in [2.05, 4.69) is 15.6 Å². The van der Waals surface area contributed by atoms with Crippen molar-refractivity contribution in [3.63, 3.8) is 0 Å². The van der Waals surface area contributed by atoms with E-state index in [9.17, 15) is 14.4 Å². The van der Waals surface area contributed by atoms with Crippen LogP contribution in [-0.2, 0) is 20.8 Å². The Morgan fingerprint density at radius 1 is 1.15 bits per heavy atom. The highest BCUT2D eigenvalue weighted by Crippen LogP contribution is 2.15. The average molecular weight is 379 g/mol. The minimum Gasteiger partial charge on any atom is -0.467 e. The number of nitrogens with zero attached hydrogens (tertiary/aromatic N) is 1. The number of methoxy groups -OCH3 is 1. The molecule has 27 heavy (non-hydrogen) atoms. The molecule has 0 unspecified atom stereocenters. The first-order valence-corrected chi connectivity index (χ1v) is 8.76. The molecule has 8 nitrogen and oxygen atoms in total. The van der Waals surface area contributed by atoms with Crippen molar-refractivity contribution in [1.82, 2.24) is 15.6 Å². The second-order valence-electron chi connectivity index (χ2n) is 7.42. The molecule has 0 fully saturated rings.